The molecule has 0 aliphatic carbocycles. The van der Waals surface area contributed by atoms with E-state index in [4.69, 9.17) is 4.74 Å². The predicted octanol–water partition coefficient (Wildman–Crippen LogP) is -0.212. The fourth-order valence-electron chi connectivity index (χ4n) is 2.61. The molecule has 2 fully saturated rings. The van der Waals surface area contributed by atoms with Crippen LogP contribution < -0.4 is 5.32 Å². The summed E-state index contributed by atoms with van der Waals surface area (Å²) in [6.45, 7) is 4.92. The Morgan fingerprint density at radius 3 is 2.42 bits per heavy atom. The minimum absolute atomic E-state index is 0.0239. The molecule has 2 aliphatic rings. The number of rotatable bonds is 1. The SMILES string of the molecule is CC(C)(C)OC(=O)N1CCN(C2CCCC(=O)NC2=O)C(=O)C1=O. The summed E-state index contributed by atoms with van der Waals surface area (Å²) in [6.07, 6.45) is 0.0439. The van der Waals surface area contributed by atoms with Crippen LogP contribution in [0.2, 0.25) is 0 Å². The molecule has 0 aromatic rings. The molecule has 1 N–H and O–H groups in total. The van der Waals surface area contributed by atoms with E-state index in [1.165, 1.54) is 0 Å². The summed E-state index contributed by atoms with van der Waals surface area (Å²) in [5, 5.41) is 2.20. The Hall–Kier alpha value is -2.45. The molecule has 0 aromatic heterocycles. The molecule has 1 unspecified atom stereocenters. The smallest absolute Gasteiger partial charge is 0.417 e. The summed E-state index contributed by atoms with van der Waals surface area (Å²) in [5.74, 6) is -2.96. The van der Waals surface area contributed by atoms with Gasteiger partial charge in [0.2, 0.25) is 11.8 Å². The van der Waals surface area contributed by atoms with Crippen LogP contribution in [-0.2, 0) is 23.9 Å². The number of carbonyl (C=O) groups is 5. The number of imide groups is 2. The van der Waals surface area contributed by atoms with Gasteiger partial charge in [0.15, 0.2) is 0 Å². The van der Waals surface area contributed by atoms with E-state index in [1.807, 2.05) is 0 Å². The van der Waals surface area contributed by atoms with Crippen molar-refractivity contribution in [1.82, 2.24) is 15.1 Å². The molecule has 9 heteroatoms. The zero-order valence-electron chi connectivity index (χ0n) is 14.0. The Balaban J connectivity index is 2.09. The van der Waals surface area contributed by atoms with Gasteiger partial charge in [-0.05, 0) is 33.6 Å². The number of carbonyl (C=O) groups excluding carboxylic acids is 5. The fraction of sp³-hybridized carbons (Fsp3) is 0.667. The van der Waals surface area contributed by atoms with Gasteiger partial charge in [-0.2, -0.15) is 0 Å². The number of hydrogen-bond acceptors (Lipinski definition) is 6. The van der Waals surface area contributed by atoms with Crippen molar-refractivity contribution in [2.45, 2.75) is 51.7 Å². The summed E-state index contributed by atoms with van der Waals surface area (Å²) >= 11 is 0. The molecule has 2 heterocycles. The molecule has 132 valence electrons. The Morgan fingerprint density at radius 2 is 1.79 bits per heavy atom. The first kappa shape index (κ1) is 17.9. The summed E-state index contributed by atoms with van der Waals surface area (Å²) in [7, 11) is 0. The summed E-state index contributed by atoms with van der Waals surface area (Å²) in [5.41, 5.74) is -0.793. The van der Waals surface area contributed by atoms with E-state index in [0.717, 1.165) is 9.80 Å². The van der Waals surface area contributed by atoms with Crippen LogP contribution in [0, 0.1) is 0 Å². The molecular weight excluding hydrogens is 318 g/mol. The summed E-state index contributed by atoms with van der Waals surface area (Å²) < 4.78 is 5.10. The van der Waals surface area contributed by atoms with Gasteiger partial charge in [-0.1, -0.05) is 0 Å². The summed E-state index contributed by atoms with van der Waals surface area (Å²) in [4.78, 5) is 61.8. The van der Waals surface area contributed by atoms with Crippen LogP contribution in [0.5, 0.6) is 0 Å². The maximum absolute atomic E-state index is 12.3. The minimum Gasteiger partial charge on any atom is -0.443 e. The van der Waals surface area contributed by atoms with E-state index in [-0.39, 0.29) is 19.5 Å². The number of nitrogens with one attached hydrogen (secondary N) is 1. The molecule has 0 radical (unpaired) electrons. The normalized spacial score (nSPS) is 23.0. The van der Waals surface area contributed by atoms with Gasteiger partial charge in [0.25, 0.3) is 0 Å². The number of piperazine rings is 1. The Kier molecular flexibility index (Phi) is 4.91. The van der Waals surface area contributed by atoms with Gasteiger partial charge >= 0.3 is 17.9 Å². The second-order valence-electron chi connectivity index (χ2n) is 6.76. The highest BCUT2D eigenvalue weighted by atomic mass is 16.6. The molecule has 0 bridgehead atoms. The fourth-order valence-corrected chi connectivity index (χ4v) is 2.61. The van der Waals surface area contributed by atoms with Gasteiger partial charge in [0.05, 0.1) is 6.54 Å². The first-order valence-electron chi connectivity index (χ1n) is 7.79. The van der Waals surface area contributed by atoms with E-state index in [0.29, 0.717) is 12.8 Å². The Morgan fingerprint density at radius 1 is 1.12 bits per heavy atom. The van der Waals surface area contributed by atoms with Crippen LogP contribution in [0.4, 0.5) is 4.79 Å². The van der Waals surface area contributed by atoms with Crippen molar-refractivity contribution >= 4 is 29.7 Å². The molecule has 0 aromatic carbocycles. The molecule has 5 amide bonds. The van der Waals surface area contributed by atoms with Crippen molar-refractivity contribution in [1.29, 1.82) is 0 Å². The Bertz CT molecular complexity index is 595. The summed E-state index contributed by atoms with van der Waals surface area (Å²) in [6, 6.07) is -0.881. The lowest BCUT2D eigenvalue weighted by molar-refractivity contribution is -0.158. The number of ether oxygens (including phenoxy) is 1. The molecule has 0 saturated carbocycles. The lowest BCUT2D eigenvalue weighted by atomic mass is 10.1. The number of amides is 5. The highest BCUT2D eigenvalue weighted by Gasteiger charge is 2.43. The van der Waals surface area contributed by atoms with E-state index < -0.39 is 41.4 Å². The zero-order valence-corrected chi connectivity index (χ0v) is 14.0. The first-order valence-corrected chi connectivity index (χ1v) is 7.79. The van der Waals surface area contributed by atoms with Crippen molar-refractivity contribution in [3.05, 3.63) is 0 Å². The minimum atomic E-state index is -1.03. The monoisotopic (exact) mass is 339 g/mol. The van der Waals surface area contributed by atoms with E-state index in [2.05, 4.69) is 5.32 Å². The largest absolute Gasteiger partial charge is 0.443 e. The van der Waals surface area contributed by atoms with Crippen molar-refractivity contribution in [3.8, 4) is 0 Å². The third-order valence-electron chi connectivity index (χ3n) is 3.69. The second kappa shape index (κ2) is 6.58. The second-order valence-corrected chi connectivity index (χ2v) is 6.76. The molecule has 9 nitrogen and oxygen atoms in total. The lowest BCUT2D eigenvalue weighted by Gasteiger charge is -2.36. The highest BCUT2D eigenvalue weighted by molar-refractivity contribution is 6.38. The van der Waals surface area contributed by atoms with Gasteiger partial charge < -0.3 is 9.64 Å². The maximum Gasteiger partial charge on any atom is 0.417 e. The van der Waals surface area contributed by atoms with Crippen molar-refractivity contribution in [2.24, 2.45) is 0 Å². The lowest BCUT2D eigenvalue weighted by Crippen LogP contribution is -2.61. The number of hydrogen-bond donors (Lipinski definition) is 1. The first-order chi connectivity index (χ1) is 11.1. The maximum atomic E-state index is 12.3. The van der Waals surface area contributed by atoms with Crippen molar-refractivity contribution in [2.75, 3.05) is 13.1 Å². The number of nitrogens with zero attached hydrogens (tertiary/aromatic N) is 2. The van der Waals surface area contributed by atoms with Crippen LogP contribution in [0.25, 0.3) is 0 Å². The topological polar surface area (TPSA) is 113 Å². The third kappa shape index (κ3) is 3.90. The Labute approximate surface area is 139 Å². The predicted molar refractivity (Wildman–Crippen MR) is 80.4 cm³/mol. The standard InChI is InChI=1S/C15H21N3O6/c1-15(2,3)24-14(23)18-8-7-17(12(21)13(18)22)9-5-4-6-10(19)16-11(9)20/h9H,4-8H2,1-3H3,(H,16,19,20). The van der Waals surface area contributed by atoms with Crippen LogP contribution >= 0.6 is 0 Å². The van der Waals surface area contributed by atoms with Gasteiger partial charge in [-0.25, -0.2) is 9.69 Å². The molecular formula is C15H21N3O6. The van der Waals surface area contributed by atoms with Gasteiger partial charge in [-0.15, -0.1) is 0 Å². The van der Waals surface area contributed by atoms with E-state index in [9.17, 15) is 24.0 Å². The highest BCUT2D eigenvalue weighted by Crippen LogP contribution is 2.18. The van der Waals surface area contributed by atoms with Gasteiger partial charge in [0, 0.05) is 13.0 Å². The molecule has 2 aliphatic heterocycles. The van der Waals surface area contributed by atoms with Crippen LogP contribution in [-0.4, -0.2) is 64.3 Å². The van der Waals surface area contributed by atoms with Crippen LogP contribution in [0.15, 0.2) is 0 Å². The third-order valence-corrected chi connectivity index (χ3v) is 3.69. The molecule has 0 spiro atoms. The van der Waals surface area contributed by atoms with E-state index in [1.54, 1.807) is 20.8 Å². The zero-order chi connectivity index (χ0) is 18.1. The van der Waals surface area contributed by atoms with Crippen LogP contribution in [0.1, 0.15) is 40.0 Å². The molecule has 24 heavy (non-hydrogen) atoms. The average Bonchev–Trinajstić information content (AvgIpc) is 2.60. The van der Waals surface area contributed by atoms with Crippen molar-refractivity contribution < 1.29 is 28.7 Å². The van der Waals surface area contributed by atoms with E-state index >= 15 is 0 Å². The van der Waals surface area contributed by atoms with Gasteiger partial charge in [0.1, 0.15) is 11.6 Å². The van der Waals surface area contributed by atoms with Crippen LogP contribution in [0.3, 0.4) is 0 Å². The van der Waals surface area contributed by atoms with Gasteiger partial charge in [-0.3, -0.25) is 24.5 Å². The molecule has 2 saturated heterocycles. The average molecular weight is 339 g/mol. The van der Waals surface area contributed by atoms with Crippen molar-refractivity contribution in [3.63, 3.8) is 0 Å². The quantitative estimate of drug-likeness (QED) is 0.522. The molecule has 1 atom stereocenters. The molecule has 2 rings (SSSR count).